The molecule has 0 aromatic heterocycles. The molecule has 0 aliphatic carbocycles. The molecule has 2 rings (SSSR count). The summed E-state index contributed by atoms with van der Waals surface area (Å²) in [7, 11) is 0. The minimum atomic E-state index is -0.473. The van der Waals surface area contributed by atoms with Crippen LogP contribution < -0.4 is 5.32 Å². The molecule has 0 aliphatic heterocycles. The lowest BCUT2D eigenvalue weighted by molar-refractivity contribution is -0.124. The SMILES string of the molecule is CSc1ccccc1C(=O)OCC(=O)NCCCc1ccccc1. The first kappa shape index (κ1) is 18.1. The van der Waals surface area contributed by atoms with Crippen LogP contribution in [0.3, 0.4) is 0 Å². The van der Waals surface area contributed by atoms with Crippen LogP contribution in [0.5, 0.6) is 0 Å². The highest BCUT2D eigenvalue weighted by Crippen LogP contribution is 2.20. The average molecular weight is 343 g/mol. The molecule has 5 heteroatoms. The lowest BCUT2D eigenvalue weighted by Gasteiger charge is -2.08. The van der Waals surface area contributed by atoms with Crippen LogP contribution in [0.2, 0.25) is 0 Å². The summed E-state index contributed by atoms with van der Waals surface area (Å²) in [5.74, 6) is -0.752. The molecule has 126 valence electrons. The monoisotopic (exact) mass is 343 g/mol. The van der Waals surface area contributed by atoms with Crippen molar-refractivity contribution in [2.24, 2.45) is 0 Å². The number of hydrogen-bond donors (Lipinski definition) is 1. The Morgan fingerprint density at radius 1 is 1.04 bits per heavy atom. The van der Waals surface area contributed by atoms with Crippen LogP contribution in [0.1, 0.15) is 22.3 Å². The van der Waals surface area contributed by atoms with Crippen molar-refractivity contribution < 1.29 is 14.3 Å². The van der Waals surface area contributed by atoms with Gasteiger partial charge in [0.2, 0.25) is 0 Å². The summed E-state index contributed by atoms with van der Waals surface area (Å²) in [5.41, 5.74) is 1.73. The van der Waals surface area contributed by atoms with Crippen LogP contribution in [0, 0.1) is 0 Å². The van der Waals surface area contributed by atoms with Gasteiger partial charge in [0.1, 0.15) is 0 Å². The van der Waals surface area contributed by atoms with E-state index in [0.29, 0.717) is 12.1 Å². The maximum Gasteiger partial charge on any atom is 0.339 e. The van der Waals surface area contributed by atoms with Gasteiger partial charge in [-0.1, -0.05) is 42.5 Å². The molecule has 0 unspecified atom stereocenters. The normalized spacial score (nSPS) is 10.2. The molecule has 0 aliphatic rings. The first-order valence-corrected chi connectivity index (χ1v) is 9.04. The van der Waals surface area contributed by atoms with Gasteiger partial charge in [-0.3, -0.25) is 4.79 Å². The Morgan fingerprint density at radius 3 is 2.50 bits per heavy atom. The van der Waals surface area contributed by atoms with Crippen molar-refractivity contribution in [3.63, 3.8) is 0 Å². The summed E-state index contributed by atoms with van der Waals surface area (Å²) in [6.45, 7) is 0.305. The average Bonchev–Trinajstić information content (AvgIpc) is 2.64. The molecule has 0 spiro atoms. The van der Waals surface area contributed by atoms with E-state index < -0.39 is 5.97 Å². The Balaban J connectivity index is 1.68. The van der Waals surface area contributed by atoms with Gasteiger partial charge in [-0.2, -0.15) is 0 Å². The number of esters is 1. The molecule has 2 aromatic rings. The van der Waals surface area contributed by atoms with Crippen molar-refractivity contribution in [2.75, 3.05) is 19.4 Å². The third-order valence-corrected chi connectivity index (χ3v) is 4.26. The summed E-state index contributed by atoms with van der Waals surface area (Å²) < 4.78 is 5.08. The Bertz CT molecular complexity index is 673. The van der Waals surface area contributed by atoms with E-state index in [-0.39, 0.29) is 12.5 Å². The van der Waals surface area contributed by atoms with Crippen LogP contribution in [0.15, 0.2) is 59.5 Å². The zero-order valence-corrected chi connectivity index (χ0v) is 14.5. The molecule has 0 bridgehead atoms. The summed E-state index contributed by atoms with van der Waals surface area (Å²) in [5, 5.41) is 2.77. The Kier molecular flexibility index (Phi) is 7.36. The molecule has 4 nitrogen and oxygen atoms in total. The third kappa shape index (κ3) is 5.74. The quantitative estimate of drug-likeness (QED) is 0.454. The molecule has 0 atom stereocenters. The Hall–Kier alpha value is -2.27. The van der Waals surface area contributed by atoms with E-state index >= 15 is 0 Å². The predicted octanol–water partition coefficient (Wildman–Crippen LogP) is 3.31. The van der Waals surface area contributed by atoms with Crippen LogP contribution in [0.4, 0.5) is 0 Å². The van der Waals surface area contributed by atoms with Crippen LogP contribution >= 0.6 is 11.8 Å². The van der Waals surface area contributed by atoms with E-state index in [1.165, 1.54) is 17.3 Å². The molecular formula is C19H21NO3S. The lowest BCUT2D eigenvalue weighted by Crippen LogP contribution is -2.29. The number of benzene rings is 2. The van der Waals surface area contributed by atoms with Gasteiger partial charge < -0.3 is 10.1 Å². The highest BCUT2D eigenvalue weighted by Gasteiger charge is 2.13. The van der Waals surface area contributed by atoms with Crippen LogP contribution in [-0.2, 0) is 16.0 Å². The Morgan fingerprint density at radius 2 is 1.75 bits per heavy atom. The van der Waals surface area contributed by atoms with Gasteiger partial charge >= 0.3 is 5.97 Å². The molecule has 24 heavy (non-hydrogen) atoms. The number of ether oxygens (including phenoxy) is 1. The van der Waals surface area contributed by atoms with Crippen molar-refractivity contribution >= 4 is 23.6 Å². The van der Waals surface area contributed by atoms with Gasteiger partial charge in [-0.05, 0) is 36.8 Å². The molecule has 0 heterocycles. The molecule has 2 aromatic carbocycles. The van der Waals surface area contributed by atoms with Gasteiger partial charge in [-0.25, -0.2) is 4.79 Å². The molecule has 1 N–H and O–H groups in total. The first-order valence-electron chi connectivity index (χ1n) is 7.81. The second kappa shape index (κ2) is 9.78. The summed E-state index contributed by atoms with van der Waals surface area (Å²) in [4.78, 5) is 24.6. The van der Waals surface area contributed by atoms with E-state index in [9.17, 15) is 9.59 Å². The van der Waals surface area contributed by atoms with Crippen LogP contribution in [0.25, 0.3) is 0 Å². The predicted molar refractivity (Wildman–Crippen MR) is 96.3 cm³/mol. The molecule has 0 fully saturated rings. The second-order valence-electron chi connectivity index (χ2n) is 5.22. The Labute approximate surface area is 146 Å². The smallest absolute Gasteiger partial charge is 0.339 e. The minimum Gasteiger partial charge on any atom is -0.452 e. The van der Waals surface area contributed by atoms with E-state index in [2.05, 4.69) is 17.4 Å². The highest BCUT2D eigenvalue weighted by atomic mass is 32.2. The molecule has 1 amide bonds. The largest absolute Gasteiger partial charge is 0.452 e. The number of carbonyl (C=O) groups is 2. The summed E-state index contributed by atoms with van der Waals surface area (Å²) in [6, 6.07) is 17.3. The molecule has 0 saturated carbocycles. The fraction of sp³-hybridized carbons (Fsp3) is 0.263. The van der Waals surface area contributed by atoms with E-state index in [1.807, 2.05) is 36.6 Å². The number of hydrogen-bond acceptors (Lipinski definition) is 4. The van der Waals surface area contributed by atoms with E-state index in [0.717, 1.165) is 17.7 Å². The van der Waals surface area contributed by atoms with Gasteiger partial charge in [0.05, 0.1) is 5.56 Å². The van der Waals surface area contributed by atoms with Crippen molar-refractivity contribution in [3.8, 4) is 0 Å². The number of rotatable bonds is 8. The standard InChI is InChI=1S/C19H21NO3S/c1-24-17-12-6-5-11-16(17)19(22)23-14-18(21)20-13-7-10-15-8-3-2-4-9-15/h2-6,8-9,11-12H,7,10,13-14H2,1H3,(H,20,21). The van der Waals surface area contributed by atoms with Gasteiger partial charge in [0.25, 0.3) is 5.91 Å². The zero-order chi connectivity index (χ0) is 17.2. The molecular weight excluding hydrogens is 322 g/mol. The van der Waals surface area contributed by atoms with Crippen molar-refractivity contribution in [3.05, 3.63) is 65.7 Å². The van der Waals surface area contributed by atoms with Crippen molar-refractivity contribution in [1.29, 1.82) is 0 Å². The van der Waals surface area contributed by atoms with Crippen LogP contribution in [-0.4, -0.2) is 31.3 Å². The number of thioether (sulfide) groups is 1. The summed E-state index contributed by atoms with van der Waals surface area (Å²) >= 11 is 1.47. The van der Waals surface area contributed by atoms with E-state index in [4.69, 9.17) is 4.74 Å². The zero-order valence-electron chi connectivity index (χ0n) is 13.7. The second-order valence-corrected chi connectivity index (χ2v) is 6.06. The minimum absolute atomic E-state index is 0.257. The maximum atomic E-state index is 12.0. The van der Waals surface area contributed by atoms with Gasteiger partial charge in [-0.15, -0.1) is 11.8 Å². The number of carbonyl (C=O) groups excluding carboxylic acids is 2. The van der Waals surface area contributed by atoms with Crippen molar-refractivity contribution in [2.45, 2.75) is 17.7 Å². The maximum absolute atomic E-state index is 12.0. The fourth-order valence-corrected chi connectivity index (χ4v) is 2.82. The van der Waals surface area contributed by atoms with Gasteiger partial charge in [0.15, 0.2) is 6.61 Å². The number of amides is 1. The lowest BCUT2D eigenvalue weighted by atomic mass is 10.1. The number of nitrogens with one attached hydrogen (secondary N) is 1. The van der Waals surface area contributed by atoms with E-state index in [1.54, 1.807) is 12.1 Å². The fourth-order valence-electron chi connectivity index (χ4n) is 2.24. The third-order valence-electron chi connectivity index (χ3n) is 3.47. The van der Waals surface area contributed by atoms with Gasteiger partial charge in [0, 0.05) is 11.4 Å². The molecule has 0 saturated heterocycles. The first-order chi connectivity index (χ1) is 11.7. The highest BCUT2D eigenvalue weighted by molar-refractivity contribution is 7.98. The topological polar surface area (TPSA) is 55.4 Å². The van der Waals surface area contributed by atoms with Crippen molar-refractivity contribution in [1.82, 2.24) is 5.32 Å². The number of aryl methyl sites for hydroxylation is 1. The summed E-state index contributed by atoms with van der Waals surface area (Å²) in [6.07, 6.45) is 3.65. The molecule has 0 radical (unpaired) electrons.